The zero-order chi connectivity index (χ0) is 13.7. The molecule has 2 aromatic carbocycles. The topological polar surface area (TPSA) is 33.0 Å². The third-order valence-electron chi connectivity index (χ3n) is 2.77. The Balaban J connectivity index is 2.43. The van der Waals surface area contributed by atoms with Gasteiger partial charge in [0.1, 0.15) is 11.6 Å². The molecule has 0 saturated heterocycles. The fraction of sp³-hybridized carbons (Fsp3) is 0.0625. The van der Waals surface area contributed by atoms with E-state index in [1.807, 2.05) is 30.3 Å². The average Bonchev–Trinajstić information content (AvgIpc) is 2.46. The first-order chi connectivity index (χ1) is 9.24. The molecule has 0 bridgehead atoms. The Morgan fingerprint density at radius 1 is 1.05 bits per heavy atom. The molecule has 0 N–H and O–H groups in total. The van der Waals surface area contributed by atoms with Crippen molar-refractivity contribution in [2.45, 2.75) is 0 Å². The molecule has 2 nitrogen and oxygen atoms in total. The van der Waals surface area contributed by atoms with Crippen molar-refractivity contribution in [3.8, 4) is 11.8 Å². The molecular weight excluding hydrogens is 241 g/mol. The first-order valence-corrected chi connectivity index (χ1v) is 5.75. The van der Waals surface area contributed by atoms with Crippen LogP contribution in [0.15, 0.2) is 54.6 Å². The van der Waals surface area contributed by atoms with E-state index in [0.29, 0.717) is 0 Å². The van der Waals surface area contributed by atoms with Gasteiger partial charge in [-0.3, -0.25) is 0 Å². The monoisotopic (exact) mass is 253 g/mol. The molecule has 0 aromatic heterocycles. The Morgan fingerprint density at radius 3 is 2.05 bits per heavy atom. The van der Waals surface area contributed by atoms with E-state index in [1.54, 1.807) is 19.2 Å². The highest BCUT2D eigenvalue weighted by Crippen LogP contribution is 2.25. The molecule has 0 aliphatic rings. The molecule has 0 amide bonds. The summed E-state index contributed by atoms with van der Waals surface area (Å²) in [5.74, 6) is 0.453. The highest BCUT2D eigenvalue weighted by molar-refractivity contribution is 5.81. The van der Waals surface area contributed by atoms with Gasteiger partial charge in [-0.05, 0) is 41.0 Å². The number of nitrogens with zero attached hydrogens (tertiary/aromatic N) is 1. The van der Waals surface area contributed by atoms with Crippen molar-refractivity contribution in [2.24, 2.45) is 0 Å². The van der Waals surface area contributed by atoms with Gasteiger partial charge in [-0.15, -0.1) is 0 Å². The summed E-state index contributed by atoms with van der Waals surface area (Å²) in [7, 11) is 1.60. The minimum absolute atomic E-state index is 0.296. The lowest BCUT2D eigenvalue weighted by Crippen LogP contribution is -1.89. The van der Waals surface area contributed by atoms with Crippen LogP contribution in [0.1, 0.15) is 11.1 Å². The first kappa shape index (κ1) is 12.8. The smallest absolute Gasteiger partial charge is 0.123 e. The Morgan fingerprint density at radius 2 is 1.58 bits per heavy atom. The maximum atomic E-state index is 12.9. The van der Waals surface area contributed by atoms with Crippen LogP contribution in [-0.2, 0) is 0 Å². The lowest BCUT2D eigenvalue weighted by molar-refractivity contribution is 0.415. The van der Waals surface area contributed by atoms with E-state index in [2.05, 4.69) is 0 Å². The van der Waals surface area contributed by atoms with Crippen LogP contribution in [0.4, 0.5) is 4.39 Å². The van der Waals surface area contributed by atoms with E-state index >= 15 is 0 Å². The second kappa shape index (κ2) is 5.83. The van der Waals surface area contributed by atoms with Crippen LogP contribution < -0.4 is 4.74 Å². The Bertz CT molecular complexity index is 621. The molecule has 3 heteroatoms. The minimum atomic E-state index is -0.296. The van der Waals surface area contributed by atoms with Gasteiger partial charge in [0.05, 0.1) is 13.2 Å². The molecule has 2 aromatic rings. The standard InChI is InChI=1S/C16H12FNO/c1-19-15-8-4-13(5-9-15)16(10-11-18)12-2-6-14(17)7-3-12/h2-10H,1H3/b16-10+. The van der Waals surface area contributed by atoms with Crippen molar-refractivity contribution in [1.82, 2.24) is 0 Å². The summed E-state index contributed by atoms with van der Waals surface area (Å²) in [5.41, 5.74) is 2.44. The fourth-order valence-electron chi connectivity index (χ4n) is 1.80. The zero-order valence-corrected chi connectivity index (χ0v) is 10.4. The largest absolute Gasteiger partial charge is 0.497 e. The number of hydrogen-bond acceptors (Lipinski definition) is 2. The van der Waals surface area contributed by atoms with E-state index in [-0.39, 0.29) is 5.82 Å². The molecule has 2 rings (SSSR count). The summed E-state index contributed by atoms with van der Waals surface area (Å²) in [5, 5.41) is 8.89. The fourth-order valence-corrected chi connectivity index (χ4v) is 1.80. The van der Waals surface area contributed by atoms with E-state index in [0.717, 1.165) is 22.4 Å². The van der Waals surface area contributed by atoms with Crippen molar-refractivity contribution in [1.29, 1.82) is 5.26 Å². The number of halogens is 1. The summed E-state index contributed by atoms with van der Waals surface area (Å²) in [6.45, 7) is 0. The lowest BCUT2D eigenvalue weighted by Gasteiger charge is -2.08. The zero-order valence-electron chi connectivity index (χ0n) is 10.4. The van der Waals surface area contributed by atoms with Crippen LogP contribution in [0.3, 0.4) is 0 Å². The van der Waals surface area contributed by atoms with Gasteiger partial charge in [0.15, 0.2) is 0 Å². The quantitative estimate of drug-likeness (QED) is 0.780. The van der Waals surface area contributed by atoms with Gasteiger partial charge in [0.25, 0.3) is 0 Å². The number of ether oxygens (including phenoxy) is 1. The van der Waals surface area contributed by atoms with E-state index in [4.69, 9.17) is 10.00 Å². The van der Waals surface area contributed by atoms with E-state index in [9.17, 15) is 4.39 Å². The van der Waals surface area contributed by atoms with Gasteiger partial charge in [-0.1, -0.05) is 24.3 Å². The van der Waals surface area contributed by atoms with Gasteiger partial charge in [0.2, 0.25) is 0 Å². The molecule has 0 spiro atoms. The number of methoxy groups -OCH3 is 1. The molecular formula is C16H12FNO. The number of hydrogen-bond donors (Lipinski definition) is 0. The maximum Gasteiger partial charge on any atom is 0.123 e. The molecule has 0 heterocycles. The third kappa shape index (κ3) is 2.99. The van der Waals surface area contributed by atoms with Gasteiger partial charge >= 0.3 is 0 Å². The average molecular weight is 253 g/mol. The summed E-state index contributed by atoms with van der Waals surface area (Å²) in [6.07, 6.45) is 1.45. The first-order valence-electron chi connectivity index (χ1n) is 5.75. The van der Waals surface area contributed by atoms with Gasteiger partial charge in [-0.2, -0.15) is 5.26 Å². The van der Waals surface area contributed by atoms with Crippen LogP contribution in [0.25, 0.3) is 5.57 Å². The van der Waals surface area contributed by atoms with Crippen molar-refractivity contribution in [3.05, 3.63) is 71.6 Å². The van der Waals surface area contributed by atoms with Crippen LogP contribution in [-0.4, -0.2) is 7.11 Å². The summed E-state index contributed by atoms with van der Waals surface area (Å²) in [4.78, 5) is 0. The number of nitriles is 1. The van der Waals surface area contributed by atoms with Crippen molar-refractivity contribution >= 4 is 5.57 Å². The highest BCUT2D eigenvalue weighted by Gasteiger charge is 2.05. The van der Waals surface area contributed by atoms with E-state index < -0.39 is 0 Å². The van der Waals surface area contributed by atoms with Gasteiger partial charge < -0.3 is 4.74 Å². The predicted octanol–water partition coefficient (Wildman–Crippen LogP) is 3.79. The van der Waals surface area contributed by atoms with Crippen LogP contribution in [0.2, 0.25) is 0 Å². The van der Waals surface area contributed by atoms with Crippen LogP contribution in [0.5, 0.6) is 5.75 Å². The number of rotatable bonds is 3. The summed E-state index contributed by atoms with van der Waals surface area (Å²) in [6, 6.07) is 15.5. The summed E-state index contributed by atoms with van der Waals surface area (Å²) < 4.78 is 18.0. The highest BCUT2D eigenvalue weighted by atomic mass is 19.1. The van der Waals surface area contributed by atoms with Crippen molar-refractivity contribution in [2.75, 3.05) is 7.11 Å². The molecule has 94 valence electrons. The molecule has 0 aliphatic heterocycles. The maximum absolute atomic E-state index is 12.9. The Labute approximate surface area is 111 Å². The Kier molecular flexibility index (Phi) is 3.94. The van der Waals surface area contributed by atoms with Gasteiger partial charge in [-0.25, -0.2) is 4.39 Å². The SMILES string of the molecule is COc1ccc(/C(=C/C#N)c2ccc(F)cc2)cc1. The molecule has 0 fully saturated rings. The Hall–Kier alpha value is -2.60. The van der Waals surface area contributed by atoms with Crippen molar-refractivity contribution < 1.29 is 9.13 Å². The second-order valence-electron chi connectivity index (χ2n) is 3.92. The van der Waals surface area contributed by atoms with Crippen molar-refractivity contribution in [3.63, 3.8) is 0 Å². The van der Waals surface area contributed by atoms with Crippen LogP contribution in [0, 0.1) is 17.1 Å². The normalized spacial score (nSPS) is 10.9. The molecule has 0 atom stereocenters. The van der Waals surface area contributed by atoms with E-state index in [1.165, 1.54) is 18.2 Å². The molecule has 0 unspecified atom stereocenters. The van der Waals surface area contributed by atoms with Gasteiger partial charge in [0, 0.05) is 6.08 Å². The third-order valence-corrected chi connectivity index (χ3v) is 2.77. The summed E-state index contributed by atoms with van der Waals surface area (Å²) >= 11 is 0. The minimum Gasteiger partial charge on any atom is -0.497 e. The predicted molar refractivity (Wildman–Crippen MR) is 72.1 cm³/mol. The molecule has 0 radical (unpaired) electrons. The van der Waals surface area contributed by atoms with Crippen LogP contribution >= 0.6 is 0 Å². The molecule has 0 aliphatic carbocycles. The molecule has 19 heavy (non-hydrogen) atoms. The second-order valence-corrected chi connectivity index (χ2v) is 3.92. The number of allylic oxidation sites excluding steroid dienone is 1. The lowest BCUT2D eigenvalue weighted by atomic mass is 9.97. The molecule has 0 saturated carbocycles. The number of benzene rings is 2.